The normalized spacial score (nSPS) is 12.3. The van der Waals surface area contributed by atoms with Crippen molar-refractivity contribution in [3.63, 3.8) is 0 Å². The van der Waals surface area contributed by atoms with Crippen LogP contribution in [-0.4, -0.2) is 9.96 Å². The number of anilines is 1. The van der Waals surface area contributed by atoms with Crippen LogP contribution in [0, 0.1) is 6.92 Å². The number of benzene rings is 2. The lowest BCUT2D eigenvalue weighted by atomic mass is 10.2. The monoisotopic (exact) mass is 259 g/mol. The fraction of sp³-hybridized carbons (Fsp3) is 0.200. The Kier molecular flexibility index (Phi) is 4.15. The van der Waals surface area contributed by atoms with Gasteiger partial charge in [0.05, 0.1) is 15.7 Å². The van der Waals surface area contributed by atoms with Crippen molar-refractivity contribution in [3.8, 4) is 0 Å². The molecular weight excluding hydrogens is 242 g/mol. The largest absolute Gasteiger partial charge is 0.398 e. The van der Waals surface area contributed by atoms with Gasteiger partial charge in [-0.1, -0.05) is 36.4 Å². The topological polar surface area (TPSA) is 43.1 Å². The Balaban J connectivity index is 2.04. The second-order valence-corrected chi connectivity index (χ2v) is 5.87. The first kappa shape index (κ1) is 12.8. The van der Waals surface area contributed by atoms with E-state index in [-0.39, 0.29) is 0 Å². The Hall–Kier alpha value is -1.61. The molecule has 0 aliphatic heterocycles. The van der Waals surface area contributed by atoms with Gasteiger partial charge in [0.25, 0.3) is 0 Å². The van der Waals surface area contributed by atoms with E-state index in [2.05, 4.69) is 12.1 Å². The van der Waals surface area contributed by atoms with E-state index in [0.29, 0.717) is 11.4 Å². The molecule has 0 saturated heterocycles. The lowest BCUT2D eigenvalue weighted by Gasteiger charge is -2.06. The van der Waals surface area contributed by atoms with Crippen molar-refractivity contribution in [2.45, 2.75) is 18.2 Å². The fourth-order valence-corrected chi connectivity index (χ4v) is 3.02. The molecular formula is C15H17NOS. The van der Waals surface area contributed by atoms with E-state index in [1.165, 1.54) is 5.56 Å². The molecule has 0 heterocycles. The van der Waals surface area contributed by atoms with Crippen molar-refractivity contribution in [2.75, 3.05) is 11.5 Å². The van der Waals surface area contributed by atoms with Gasteiger partial charge in [0, 0.05) is 11.4 Å². The third-order valence-corrected chi connectivity index (χ3v) is 4.27. The predicted molar refractivity (Wildman–Crippen MR) is 77.0 cm³/mol. The maximum atomic E-state index is 12.2. The van der Waals surface area contributed by atoms with Crippen molar-refractivity contribution in [2.24, 2.45) is 0 Å². The van der Waals surface area contributed by atoms with Crippen molar-refractivity contribution in [1.29, 1.82) is 0 Å². The minimum atomic E-state index is -1.03. The number of nitrogens with two attached hydrogens (primary N) is 1. The first-order chi connectivity index (χ1) is 8.66. The van der Waals surface area contributed by atoms with Crippen molar-refractivity contribution in [1.82, 2.24) is 0 Å². The molecule has 0 aromatic heterocycles. The average molecular weight is 259 g/mol. The van der Waals surface area contributed by atoms with Crippen molar-refractivity contribution in [3.05, 3.63) is 59.7 Å². The molecule has 0 radical (unpaired) electrons. The van der Waals surface area contributed by atoms with Gasteiger partial charge in [-0.2, -0.15) is 0 Å². The molecule has 2 aromatic carbocycles. The minimum Gasteiger partial charge on any atom is -0.398 e. The van der Waals surface area contributed by atoms with Gasteiger partial charge < -0.3 is 5.73 Å². The molecule has 0 bridgehead atoms. The fourth-order valence-electron chi connectivity index (χ4n) is 1.84. The summed E-state index contributed by atoms with van der Waals surface area (Å²) >= 11 is 0. The second-order valence-electron chi connectivity index (χ2n) is 4.33. The lowest BCUT2D eigenvalue weighted by molar-refractivity contribution is 0.682. The average Bonchev–Trinajstić information content (AvgIpc) is 2.37. The smallest absolute Gasteiger partial charge is 0.0617 e. The van der Waals surface area contributed by atoms with E-state index < -0.39 is 10.8 Å². The van der Waals surface area contributed by atoms with Crippen LogP contribution in [-0.2, 0) is 17.2 Å². The summed E-state index contributed by atoms with van der Waals surface area (Å²) in [5, 5.41) is 0. The standard InChI is InChI=1S/C15H17NOS/c1-12-7-8-15(14(16)11-12)18(17)10-9-13-5-3-2-4-6-13/h2-8,11H,9-10,16H2,1H3. The van der Waals surface area contributed by atoms with Gasteiger partial charge >= 0.3 is 0 Å². The summed E-state index contributed by atoms with van der Waals surface area (Å²) in [5.74, 6) is 0.608. The lowest BCUT2D eigenvalue weighted by Crippen LogP contribution is -2.04. The highest BCUT2D eigenvalue weighted by Crippen LogP contribution is 2.18. The van der Waals surface area contributed by atoms with Gasteiger partial charge in [0.2, 0.25) is 0 Å². The number of hydrogen-bond acceptors (Lipinski definition) is 2. The Bertz CT molecular complexity index is 552. The van der Waals surface area contributed by atoms with Crippen LogP contribution in [0.2, 0.25) is 0 Å². The van der Waals surface area contributed by atoms with Crippen LogP contribution in [0.3, 0.4) is 0 Å². The molecule has 1 unspecified atom stereocenters. The molecule has 2 N–H and O–H groups in total. The Labute approximate surface area is 110 Å². The highest BCUT2D eigenvalue weighted by atomic mass is 32.2. The second kappa shape index (κ2) is 5.83. The van der Waals surface area contributed by atoms with Crippen molar-refractivity contribution < 1.29 is 4.21 Å². The molecule has 94 valence electrons. The van der Waals surface area contributed by atoms with Crippen LogP contribution in [0.5, 0.6) is 0 Å². The van der Waals surface area contributed by atoms with Gasteiger partial charge in [-0.05, 0) is 36.6 Å². The molecule has 18 heavy (non-hydrogen) atoms. The summed E-state index contributed by atoms with van der Waals surface area (Å²) in [7, 11) is -1.03. The summed E-state index contributed by atoms with van der Waals surface area (Å²) in [6.45, 7) is 1.98. The quantitative estimate of drug-likeness (QED) is 0.858. The minimum absolute atomic E-state index is 0.608. The zero-order valence-electron chi connectivity index (χ0n) is 10.4. The summed E-state index contributed by atoms with van der Waals surface area (Å²) in [6.07, 6.45) is 0.806. The highest BCUT2D eigenvalue weighted by Gasteiger charge is 2.08. The van der Waals surface area contributed by atoms with Crippen molar-refractivity contribution >= 4 is 16.5 Å². The summed E-state index contributed by atoms with van der Waals surface area (Å²) < 4.78 is 12.2. The van der Waals surface area contributed by atoms with E-state index in [9.17, 15) is 4.21 Å². The maximum Gasteiger partial charge on any atom is 0.0617 e. The predicted octanol–water partition coefficient (Wildman–Crippen LogP) is 2.93. The van der Waals surface area contributed by atoms with Gasteiger partial charge in [-0.15, -0.1) is 0 Å². The molecule has 0 aliphatic carbocycles. The molecule has 0 spiro atoms. The van der Waals surface area contributed by atoms with E-state index >= 15 is 0 Å². The number of hydrogen-bond donors (Lipinski definition) is 1. The van der Waals surface area contributed by atoms with Gasteiger partial charge in [-0.3, -0.25) is 4.21 Å². The molecule has 2 rings (SSSR count). The molecule has 2 nitrogen and oxygen atoms in total. The summed E-state index contributed by atoms with van der Waals surface area (Å²) in [6, 6.07) is 15.8. The SMILES string of the molecule is Cc1ccc(S(=O)CCc2ccccc2)c(N)c1. The molecule has 3 heteroatoms. The summed E-state index contributed by atoms with van der Waals surface area (Å²) in [4.78, 5) is 0.747. The number of rotatable bonds is 4. The zero-order valence-corrected chi connectivity index (χ0v) is 11.2. The highest BCUT2D eigenvalue weighted by molar-refractivity contribution is 7.85. The molecule has 2 aromatic rings. The van der Waals surface area contributed by atoms with Crippen LogP contribution in [0.4, 0.5) is 5.69 Å². The molecule has 0 fully saturated rings. The molecule has 1 atom stereocenters. The first-order valence-electron chi connectivity index (χ1n) is 5.95. The first-order valence-corrected chi connectivity index (χ1v) is 7.27. The van der Waals surface area contributed by atoms with Crippen LogP contribution >= 0.6 is 0 Å². The van der Waals surface area contributed by atoms with E-state index in [0.717, 1.165) is 16.9 Å². The van der Waals surface area contributed by atoms with E-state index in [1.807, 2.05) is 43.3 Å². The number of nitrogen functional groups attached to an aromatic ring is 1. The van der Waals surface area contributed by atoms with Crippen LogP contribution < -0.4 is 5.73 Å². The van der Waals surface area contributed by atoms with Crippen LogP contribution in [0.25, 0.3) is 0 Å². The van der Waals surface area contributed by atoms with E-state index in [4.69, 9.17) is 5.73 Å². The van der Waals surface area contributed by atoms with Crippen LogP contribution in [0.15, 0.2) is 53.4 Å². The van der Waals surface area contributed by atoms with E-state index in [1.54, 1.807) is 0 Å². The number of aryl methyl sites for hydroxylation is 2. The maximum absolute atomic E-state index is 12.2. The Morgan fingerprint density at radius 3 is 2.50 bits per heavy atom. The third kappa shape index (κ3) is 3.20. The molecule has 0 amide bonds. The van der Waals surface area contributed by atoms with Gasteiger partial charge in [0.1, 0.15) is 0 Å². The van der Waals surface area contributed by atoms with Crippen LogP contribution in [0.1, 0.15) is 11.1 Å². The van der Waals surface area contributed by atoms with Gasteiger partial charge in [-0.25, -0.2) is 0 Å². The zero-order chi connectivity index (χ0) is 13.0. The Morgan fingerprint density at radius 2 is 1.83 bits per heavy atom. The third-order valence-electron chi connectivity index (χ3n) is 2.83. The summed E-state index contributed by atoms with van der Waals surface area (Å²) in [5.41, 5.74) is 8.82. The van der Waals surface area contributed by atoms with Gasteiger partial charge in [0.15, 0.2) is 0 Å². The Morgan fingerprint density at radius 1 is 1.11 bits per heavy atom. The molecule has 0 aliphatic rings. The molecule has 0 saturated carbocycles.